The lowest BCUT2D eigenvalue weighted by atomic mass is 9.81. The highest BCUT2D eigenvalue weighted by Crippen LogP contribution is 2.43. The van der Waals surface area contributed by atoms with Crippen LogP contribution < -0.4 is 10.5 Å². The fourth-order valence-corrected chi connectivity index (χ4v) is 5.77. The van der Waals surface area contributed by atoms with Gasteiger partial charge in [0.15, 0.2) is 0 Å². The van der Waals surface area contributed by atoms with Crippen LogP contribution >= 0.6 is 11.3 Å². The van der Waals surface area contributed by atoms with Crippen LogP contribution in [0.15, 0.2) is 48.5 Å². The number of aromatic nitrogens is 1. The number of primary sulfonamides is 1. The van der Waals surface area contributed by atoms with E-state index in [1.54, 1.807) is 35.6 Å². The van der Waals surface area contributed by atoms with E-state index < -0.39 is 15.4 Å². The third-order valence-electron chi connectivity index (χ3n) is 5.45. The van der Waals surface area contributed by atoms with Gasteiger partial charge in [0.2, 0.25) is 15.9 Å². The Kier molecular flexibility index (Phi) is 5.42. The molecule has 1 aromatic heterocycles. The van der Waals surface area contributed by atoms with Gasteiger partial charge < -0.3 is 5.32 Å². The maximum Gasteiger partial charge on any atom is 0.231 e. The van der Waals surface area contributed by atoms with Crippen LogP contribution in [0.3, 0.4) is 0 Å². The van der Waals surface area contributed by atoms with Crippen molar-refractivity contribution in [1.29, 1.82) is 0 Å². The summed E-state index contributed by atoms with van der Waals surface area (Å²) in [6.07, 6.45) is 4.40. The largest absolute Gasteiger partial charge is 0.326 e. The van der Waals surface area contributed by atoms with Gasteiger partial charge in [-0.05, 0) is 42.7 Å². The maximum absolute atomic E-state index is 13.2. The zero-order valence-corrected chi connectivity index (χ0v) is 17.6. The first kappa shape index (κ1) is 20.0. The molecule has 8 heteroatoms. The number of nitrogens with zero attached hydrogens (tertiary/aromatic N) is 1. The summed E-state index contributed by atoms with van der Waals surface area (Å²) in [7, 11) is -3.57. The van der Waals surface area contributed by atoms with Gasteiger partial charge in [0.05, 0.1) is 26.4 Å². The van der Waals surface area contributed by atoms with Gasteiger partial charge in [-0.15, -0.1) is 11.3 Å². The van der Waals surface area contributed by atoms with Crippen molar-refractivity contribution in [3.63, 3.8) is 0 Å². The number of hydrogen-bond acceptors (Lipinski definition) is 5. The maximum atomic E-state index is 13.2. The molecule has 0 atom stereocenters. The number of hydrogen-bond donors (Lipinski definition) is 2. The fraction of sp³-hybridized carbons (Fsp3) is 0.333. The molecule has 29 heavy (non-hydrogen) atoms. The molecular weight excluding hydrogens is 406 g/mol. The van der Waals surface area contributed by atoms with Crippen molar-refractivity contribution in [2.45, 2.75) is 37.9 Å². The van der Waals surface area contributed by atoms with Gasteiger partial charge in [0.1, 0.15) is 0 Å². The lowest BCUT2D eigenvalue weighted by Gasteiger charge is -2.26. The number of nitrogens with two attached hydrogens (primary N) is 1. The summed E-state index contributed by atoms with van der Waals surface area (Å²) >= 11 is 1.65. The summed E-state index contributed by atoms with van der Waals surface area (Å²) in [5.74, 6) is -0.212. The molecule has 0 aliphatic heterocycles. The Bertz CT molecular complexity index is 1100. The Labute approximate surface area is 174 Å². The van der Waals surface area contributed by atoms with Crippen LogP contribution in [0, 0.1) is 5.41 Å². The van der Waals surface area contributed by atoms with Gasteiger partial charge in [-0.25, -0.2) is 18.5 Å². The molecule has 4 rings (SSSR count). The van der Waals surface area contributed by atoms with Gasteiger partial charge in [-0.3, -0.25) is 4.79 Å². The normalized spacial score (nSPS) is 16.2. The number of thiazole rings is 1. The number of fused-ring (bicyclic) bond motifs is 1. The van der Waals surface area contributed by atoms with E-state index in [2.05, 4.69) is 11.4 Å². The van der Waals surface area contributed by atoms with Crippen LogP contribution in [-0.4, -0.2) is 19.3 Å². The van der Waals surface area contributed by atoms with Crippen LogP contribution in [0.25, 0.3) is 10.2 Å². The van der Waals surface area contributed by atoms with E-state index in [1.165, 1.54) is 0 Å². The predicted octanol–water partition coefficient (Wildman–Crippen LogP) is 3.83. The molecule has 1 aliphatic carbocycles. The van der Waals surface area contributed by atoms with Crippen LogP contribution in [0.5, 0.6) is 0 Å². The Balaban J connectivity index is 1.51. The predicted molar refractivity (Wildman–Crippen MR) is 116 cm³/mol. The highest BCUT2D eigenvalue weighted by atomic mass is 32.2. The molecule has 1 amide bonds. The van der Waals surface area contributed by atoms with Crippen LogP contribution in [0.4, 0.5) is 5.69 Å². The Morgan fingerprint density at radius 1 is 1.10 bits per heavy atom. The van der Waals surface area contributed by atoms with E-state index in [9.17, 15) is 13.2 Å². The molecular formula is C21H23N3O3S2. The van der Waals surface area contributed by atoms with E-state index in [1.807, 2.05) is 18.2 Å². The van der Waals surface area contributed by atoms with Crippen LogP contribution in [0.2, 0.25) is 0 Å². The molecule has 3 aromatic rings. The summed E-state index contributed by atoms with van der Waals surface area (Å²) in [5, 5.41) is 9.10. The second kappa shape index (κ2) is 7.85. The quantitative estimate of drug-likeness (QED) is 0.622. The molecule has 1 saturated carbocycles. The number of nitrogens with one attached hydrogen (secondary N) is 1. The molecule has 6 nitrogen and oxygen atoms in total. The van der Waals surface area contributed by atoms with Gasteiger partial charge >= 0.3 is 0 Å². The van der Waals surface area contributed by atoms with E-state index in [0.717, 1.165) is 40.9 Å². The first-order chi connectivity index (χ1) is 13.8. The van der Waals surface area contributed by atoms with Crippen LogP contribution in [-0.2, 0) is 27.0 Å². The van der Waals surface area contributed by atoms with Crippen molar-refractivity contribution in [3.8, 4) is 0 Å². The molecule has 0 spiro atoms. The molecule has 2 aromatic carbocycles. The first-order valence-corrected chi connectivity index (χ1v) is 12.1. The summed E-state index contributed by atoms with van der Waals surface area (Å²) in [6, 6.07) is 14.8. The zero-order chi connectivity index (χ0) is 20.5. The molecule has 0 unspecified atom stereocenters. The number of amides is 1. The summed E-state index contributed by atoms with van der Waals surface area (Å²) in [5.41, 5.74) is 1.78. The van der Waals surface area contributed by atoms with Crippen LogP contribution in [0.1, 0.15) is 36.3 Å². The van der Waals surface area contributed by atoms with Crippen molar-refractivity contribution >= 4 is 43.2 Å². The average molecular weight is 430 g/mol. The second-order valence-electron chi connectivity index (χ2n) is 7.70. The van der Waals surface area contributed by atoms with E-state index in [4.69, 9.17) is 10.1 Å². The zero-order valence-electron chi connectivity index (χ0n) is 15.9. The number of benzene rings is 2. The lowest BCUT2D eigenvalue weighted by Crippen LogP contribution is -2.35. The summed E-state index contributed by atoms with van der Waals surface area (Å²) < 4.78 is 23.6. The van der Waals surface area contributed by atoms with Crippen molar-refractivity contribution < 1.29 is 13.2 Å². The number of carbonyl (C=O) groups is 1. The Hall–Kier alpha value is -2.29. The molecule has 1 heterocycles. The lowest BCUT2D eigenvalue weighted by molar-refractivity contribution is -0.125. The third kappa shape index (κ3) is 4.66. The Morgan fingerprint density at radius 3 is 2.45 bits per heavy atom. The summed E-state index contributed by atoms with van der Waals surface area (Å²) in [4.78, 5) is 17.9. The van der Waals surface area contributed by atoms with Crippen molar-refractivity contribution in [2.75, 3.05) is 5.32 Å². The van der Waals surface area contributed by atoms with E-state index in [-0.39, 0.29) is 11.7 Å². The van der Waals surface area contributed by atoms with E-state index >= 15 is 0 Å². The monoisotopic (exact) mass is 429 g/mol. The van der Waals surface area contributed by atoms with Crippen molar-refractivity contribution in [3.05, 3.63) is 59.1 Å². The minimum absolute atomic E-state index is 0.00783. The number of sulfonamides is 1. The van der Waals surface area contributed by atoms with E-state index in [0.29, 0.717) is 17.7 Å². The average Bonchev–Trinajstić information content (AvgIpc) is 3.29. The molecule has 152 valence electrons. The van der Waals surface area contributed by atoms with Gasteiger partial charge in [-0.1, -0.05) is 37.1 Å². The van der Waals surface area contributed by atoms with Gasteiger partial charge in [-0.2, -0.15) is 0 Å². The molecule has 0 radical (unpaired) electrons. The topological polar surface area (TPSA) is 102 Å². The molecule has 1 aliphatic rings. The minimum Gasteiger partial charge on any atom is -0.326 e. The van der Waals surface area contributed by atoms with Crippen molar-refractivity contribution in [2.24, 2.45) is 10.6 Å². The first-order valence-electron chi connectivity index (χ1n) is 9.58. The second-order valence-corrected chi connectivity index (χ2v) is 10.4. The molecule has 0 saturated heterocycles. The van der Waals surface area contributed by atoms with Gasteiger partial charge in [0, 0.05) is 12.1 Å². The summed E-state index contributed by atoms with van der Waals surface area (Å²) in [6.45, 7) is 0. The van der Waals surface area contributed by atoms with Crippen molar-refractivity contribution in [1.82, 2.24) is 4.98 Å². The number of rotatable bonds is 6. The number of carbonyl (C=O) groups excluding carboxylic acids is 1. The standard InChI is InChI=1S/C21H23N3O3S2/c22-29(26,27)14-15-7-9-16(10-8-15)23-20(25)21(11-3-4-12-21)13-19-24-17-5-1-2-6-18(17)28-19/h1-2,5-10H,3-4,11-14H2,(H,23,25)(H2,22,26,27). The highest BCUT2D eigenvalue weighted by molar-refractivity contribution is 7.88. The molecule has 1 fully saturated rings. The molecule has 3 N–H and O–H groups in total. The molecule has 0 bridgehead atoms. The SMILES string of the molecule is NS(=O)(=O)Cc1ccc(NC(=O)C2(Cc3nc4ccccc4s3)CCCC2)cc1. The van der Waals surface area contributed by atoms with Gasteiger partial charge in [0.25, 0.3) is 0 Å². The highest BCUT2D eigenvalue weighted by Gasteiger charge is 2.42. The number of anilines is 1. The third-order valence-corrected chi connectivity index (χ3v) is 7.22. The smallest absolute Gasteiger partial charge is 0.231 e. The fourth-order valence-electron chi connectivity index (χ4n) is 4.00. The number of para-hydroxylation sites is 1. The Morgan fingerprint density at radius 2 is 1.79 bits per heavy atom. The minimum atomic E-state index is -3.57.